The van der Waals surface area contributed by atoms with Crippen LogP contribution in [-0.2, 0) is 9.59 Å². The number of carbonyl (C=O) groups excluding carboxylic acids is 4. The van der Waals surface area contributed by atoms with Crippen molar-refractivity contribution in [3.8, 4) is 0 Å². The number of nitro groups is 1. The van der Waals surface area contributed by atoms with Crippen molar-refractivity contribution in [2.24, 2.45) is 23.7 Å². The van der Waals surface area contributed by atoms with Gasteiger partial charge in [0.25, 0.3) is 23.4 Å². The smallest absolute Gasteiger partial charge is 0.273 e. The van der Waals surface area contributed by atoms with E-state index < -0.39 is 46.8 Å². The highest BCUT2D eigenvalue weighted by Crippen LogP contribution is 2.56. The number of nitrogens with zero attached hydrogens (tertiary/aromatic N) is 3. The third kappa shape index (κ3) is 3.56. The second-order valence-electron chi connectivity index (χ2n) is 8.97. The lowest BCUT2D eigenvalue weighted by atomic mass is 9.81. The first-order chi connectivity index (χ1) is 16.3. The molecule has 2 bridgehead atoms. The molecule has 0 N–H and O–H groups in total. The fourth-order valence-corrected chi connectivity index (χ4v) is 5.73. The van der Waals surface area contributed by atoms with E-state index in [-0.39, 0.29) is 28.7 Å². The number of halogens is 1. The molecule has 3 aliphatic rings. The summed E-state index contributed by atoms with van der Waals surface area (Å²) in [7, 11) is 0. The van der Waals surface area contributed by atoms with Crippen molar-refractivity contribution >= 4 is 40.8 Å². The van der Waals surface area contributed by atoms with Crippen LogP contribution >= 0.6 is 11.6 Å². The maximum Gasteiger partial charge on any atom is 0.273 e. The van der Waals surface area contributed by atoms with Crippen molar-refractivity contribution in [1.82, 2.24) is 10.0 Å². The molecule has 3 fully saturated rings. The van der Waals surface area contributed by atoms with E-state index in [0.29, 0.717) is 5.02 Å². The Morgan fingerprint density at radius 2 is 1.47 bits per heavy atom. The van der Waals surface area contributed by atoms with Gasteiger partial charge in [0.05, 0.1) is 16.8 Å². The first-order valence-electron chi connectivity index (χ1n) is 11.0. The van der Waals surface area contributed by atoms with Crippen molar-refractivity contribution in [3.63, 3.8) is 0 Å². The minimum absolute atomic E-state index is 0.0233. The molecule has 4 atom stereocenters. The summed E-state index contributed by atoms with van der Waals surface area (Å²) in [5, 5.41) is 13.1. The molecule has 2 saturated carbocycles. The summed E-state index contributed by atoms with van der Waals surface area (Å²) in [4.78, 5) is 63.6. The van der Waals surface area contributed by atoms with Crippen LogP contribution < -0.4 is 0 Å². The number of imide groups is 1. The molecule has 0 unspecified atom stereocenters. The van der Waals surface area contributed by atoms with Crippen LogP contribution in [0.5, 0.6) is 0 Å². The van der Waals surface area contributed by atoms with Gasteiger partial charge in [-0.2, -0.15) is 5.01 Å². The number of fused-ring (bicyclic) bond motifs is 5. The van der Waals surface area contributed by atoms with Gasteiger partial charge in [-0.1, -0.05) is 11.6 Å². The molecule has 2 aromatic carbocycles. The number of non-ortho nitro benzene ring substituents is 1. The minimum Gasteiger partial charge on any atom is -0.292 e. The Hall–Kier alpha value is -3.59. The van der Waals surface area contributed by atoms with E-state index in [2.05, 4.69) is 0 Å². The summed E-state index contributed by atoms with van der Waals surface area (Å²) in [6, 6.07) is 10.9. The molecule has 10 heteroatoms. The summed E-state index contributed by atoms with van der Waals surface area (Å²) < 4.78 is 0. The number of ketones is 1. The molecule has 1 saturated heterocycles. The van der Waals surface area contributed by atoms with Crippen molar-refractivity contribution in [2.45, 2.75) is 19.3 Å². The van der Waals surface area contributed by atoms with E-state index >= 15 is 0 Å². The zero-order valence-electron chi connectivity index (χ0n) is 17.9. The maximum absolute atomic E-state index is 13.5. The molecule has 0 aromatic heterocycles. The normalized spacial score (nSPS) is 24.9. The van der Waals surface area contributed by atoms with Crippen LogP contribution in [-0.4, -0.2) is 45.0 Å². The number of Topliss-reactive ketones (excluding diaryl/α,β-unsaturated/α-hetero) is 1. The first kappa shape index (κ1) is 22.2. The van der Waals surface area contributed by atoms with Crippen LogP contribution in [0.3, 0.4) is 0 Å². The lowest BCUT2D eigenvalue weighted by molar-refractivity contribution is -0.384. The molecular formula is C24H20ClN3O6. The van der Waals surface area contributed by atoms with E-state index in [1.807, 2.05) is 0 Å². The Morgan fingerprint density at radius 1 is 0.941 bits per heavy atom. The Bertz CT molecular complexity index is 1180. The van der Waals surface area contributed by atoms with Crippen molar-refractivity contribution in [3.05, 3.63) is 74.8 Å². The van der Waals surface area contributed by atoms with Crippen molar-refractivity contribution in [2.75, 3.05) is 6.54 Å². The number of hydrogen-bond acceptors (Lipinski definition) is 6. The molecule has 34 heavy (non-hydrogen) atoms. The minimum atomic E-state index is -0.758. The fraction of sp³-hybridized carbons (Fsp3) is 0.333. The van der Waals surface area contributed by atoms with E-state index in [9.17, 15) is 29.3 Å². The summed E-state index contributed by atoms with van der Waals surface area (Å²) >= 11 is 5.90. The van der Waals surface area contributed by atoms with Crippen LogP contribution in [0.2, 0.25) is 5.02 Å². The van der Waals surface area contributed by atoms with Crippen molar-refractivity contribution < 1.29 is 24.1 Å². The molecular weight excluding hydrogens is 462 g/mol. The molecule has 1 aliphatic heterocycles. The average Bonchev–Trinajstić information content (AvgIpc) is 3.51. The third-order valence-electron chi connectivity index (χ3n) is 7.16. The second-order valence-corrected chi connectivity index (χ2v) is 9.41. The topological polar surface area (TPSA) is 118 Å². The number of hydrazine groups is 1. The fourth-order valence-electron chi connectivity index (χ4n) is 5.60. The van der Waals surface area contributed by atoms with E-state index in [0.717, 1.165) is 41.4 Å². The SMILES string of the molecule is O=C(CN(C(=O)c1ccc([N+](=O)[O-])cc1)N1C(=O)[C@@H]2[C@H]3CC[C@@H](C3)[C@@H]2C1=O)c1ccc(Cl)cc1. The van der Waals surface area contributed by atoms with Gasteiger partial charge in [-0.05, 0) is 67.5 Å². The standard InChI is InChI=1S/C24H20ClN3O6/c25-17-7-3-13(4-8-17)19(29)12-26(22(30)14-5-9-18(10-6-14)28(33)34)27-23(31)20-15-1-2-16(11-15)21(20)24(27)32/h3-10,15-16,20-21H,1-2,11-12H2/t15-,16-,20-,21+/m0/s1. The van der Waals surface area contributed by atoms with Gasteiger partial charge in [0.15, 0.2) is 5.78 Å². The third-order valence-corrected chi connectivity index (χ3v) is 7.42. The summed E-state index contributed by atoms with van der Waals surface area (Å²) in [5.41, 5.74) is 0.0835. The average molecular weight is 482 g/mol. The Balaban J connectivity index is 1.49. The first-order valence-corrected chi connectivity index (χ1v) is 11.4. The zero-order valence-corrected chi connectivity index (χ0v) is 18.7. The lowest BCUT2D eigenvalue weighted by Gasteiger charge is -2.30. The quantitative estimate of drug-likeness (QED) is 0.269. The number of amides is 3. The van der Waals surface area contributed by atoms with Gasteiger partial charge in [-0.15, -0.1) is 0 Å². The maximum atomic E-state index is 13.5. The van der Waals surface area contributed by atoms with Crippen LogP contribution in [0.4, 0.5) is 5.69 Å². The van der Waals surface area contributed by atoms with Gasteiger partial charge in [0.2, 0.25) is 0 Å². The van der Waals surface area contributed by atoms with E-state index in [1.54, 1.807) is 0 Å². The molecule has 5 rings (SSSR count). The van der Waals surface area contributed by atoms with Gasteiger partial charge >= 0.3 is 0 Å². The molecule has 3 amide bonds. The van der Waals surface area contributed by atoms with Gasteiger partial charge in [0, 0.05) is 28.3 Å². The molecule has 174 valence electrons. The summed E-state index contributed by atoms with van der Waals surface area (Å²) in [6.45, 7) is -0.538. The number of carbonyl (C=O) groups is 4. The highest BCUT2D eigenvalue weighted by Gasteiger charge is 2.62. The Kier molecular flexibility index (Phi) is 5.44. The van der Waals surface area contributed by atoms with Gasteiger partial charge in [-0.25, -0.2) is 5.01 Å². The number of hydrogen-bond donors (Lipinski definition) is 0. The highest BCUT2D eigenvalue weighted by atomic mass is 35.5. The molecule has 1 heterocycles. The van der Waals surface area contributed by atoms with Crippen LogP contribution in [0.1, 0.15) is 40.0 Å². The van der Waals surface area contributed by atoms with Crippen LogP contribution in [0.15, 0.2) is 48.5 Å². The monoisotopic (exact) mass is 481 g/mol. The van der Waals surface area contributed by atoms with Gasteiger partial charge in [-0.3, -0.25) is 29.3 Å². The van der Waals surface area contributed by atoms with E-state index in [4.69, 9.17) is 11.6 Å². The van der Waals surface area contributed by atoms with Crippen molar-refractivity contribution in [1.29, 1.82) is 0 Å². The second kappa shape index (κ2) is 8.32. The Morgan fingerprint density at radius 3 is 2.00 bits per heavy atom. The molecule has 2 aromatic rings. The largest absolute Gasteiger partial charge is 0.292 e. The van der Waals surface area contributed by atoms with Crippen LogP contribution in [0.25, 0.3) is 0 Å². The highest BCUT2D eigenvalue weighted by molar-refractivity contribution is 6.30. The predicted molar refractivity (Wildman–Crippen MR) is 120 cm³/mol. The van der Waals surface area contributed by atoms with Gasteiger partial charge in [0.1, 0.15) is 6.54 Å². The summed E-state index contributed by atoms with van der Waals surface area (Å²) in [5.74, 6) is -2.87. The zero-order chi connectivity index (χ0) is 24.1. The summed E-state index contributed by atoms with van der Waals surface area (Å²) in [6.07, 6.45) is 2.58. The van der Waals surface area contributed by atoms with Gasteiger partial charge < -0.3 is 0 Å². The number of nitro benzene ring substituents is 1. The molecule has 0 radical (unpaired) electrons. The van der Waals surface area contributed by atoms with E-state index in [1.165, 1.54) is 36.4 Å². The Labute approximate surface area is 199 Å². The molecule has 0 spiro atoms. The molecule has 2 aliphatic carbocycles. The predicted octanol–water partition coefficient (Wildman–Crippen LogP) is 3.52. The molecule has 9 nitrogen and oxygen atoms in total. The number of rotatable bonds is 6. The van der Waals surface area contributed by atoms with Crippen LogP contribution in [0, 0.1) is 33.8 Å². The number of benzene rings is 2. The lowest BCUT2D eigenvalue weighted by Crippen LogP contribution is -2.52.